The van der Waals surface area contributed by atoms with Gasteiger partial charge in [0.05, 0.1) is 5.69 Å². The van der Waals surface area contributed by atoms with Crippen LogP contribution in [0.5, 0.6) is 0 Å². The molecule has 0 aliphatic rings. The van der Waals surface area contributed by atoms with Crippen LogP contribution in [0.2, 0.25) is 0 Å². The van der Waals surface area contributed by atoms with Gasteiger partial charge >= 0.3 is 0 Å². The van der Waals surface area contributed by atoms with Gasteiger partial charge in [0.25, 0.3) is 11.7 Å². The van der Waals surface area contributed by atoms with Crippen molar-refractivity contribution in [3.8, 4) is 11.3 Å². The molecule has 0 radical (unpaired) electrons. The SMILES string of the molecule is O=C(NCCNc1cc(-c2ccccc2)nc2ncnn12)c1ccc(Br)cc1. The summed E-state index contributed by atoms with van der Waals surface area (Å²) in [6.45, 7) is 1.00. The van der Waals surface area contributed by atoms with Gasteiger partial charge in [0, 0.05) is 34.8 Å². The van der Waals surface area contributed by atoms with E-state index in [0.717, 1.165) is 21.5 Å². The Bertz CT molecular complexity index is 1090. The second-order valence-corrected chi connectivity index (χ2v) is 6.97. The normalized spacial score (nSPS) is 10.8. The molecule has 2 aromatic heterocycles. The molecule has 0 aliphatic carbocycles. The Hall–Kier alpha value is -3.26. The number of benzene rings is 2. The van der Waals surface area contributed by atoms with E-state index in [1.165, 1.54) is 6.33 Å². The molecular weight excluding hydrogens is 420 g/mol. The van der Waals surface area contributed by atoms with Gasteiger partial charge in [-0.05, 0) is 24.3 Å². The predicted molar refractivity (Wildman–Crippen MR) is 111 cm³/mol. The number of nitrogens with one attached hydrogen (secondary N) is 2. The average molecular weight is 437 g/mol. The standard InChI is InChI=1S/C20H17BrN6O/c21-16-8-6-15(7-9-16)19(28)23-11-10-22-18-12-17(14-4-2-1-3-5-14)26-20-24-13-25-27(18)20/h1-9,12-13,22H,10-11H2,(H,23,28). The van der Waals surface area contributed by atoms with Gasteiger partial charge in [-0.2, -0.15) is 14.6 Å². The van der Waals surface area contributed by atoms with E-state index in [9.17, 15) is 4.79 Å². The van der Waals surface area contributed by atoms with Gasteiger partial charge < -0.3 is 10.6 Å². The summed E-state index contributed by atoms with van der Waals surface area (Å²) in [5.41, 5.74) is 2.43. The lowest BCUT2D eigenvalue weighted by molar-refractivity contribution is 0.0955. The molecule has 0 aliphatic heterocycles. The fourth-order valence-electron chi connectivity index (χ4n) is 2.76. The van der Waals surface area contributed by atoms with Crippen molar-refractivity contribution in [2.24, 2.45) is 0 Å². The Morgan fingerprint density at radius 1 is 1.04 bits per heavy atom. The summed E-state index contributed by atoms with van der Waals surface area (Å²) in [6.07, 6.45) is 1.47. The minimum atomic E-state index is -0.111. The van der Waals surface area contributed by atoms with Crippen LogP contribution in [0.1, 0.15) is 10.4 Å². The van der Waals surface area contributed by atoms with Gasteiger partial charge in [-0.15, -0.1) is 0 Å². The van der Waals surface area contributed by atoms with E-state index >= 15 is 0 Å². The van der Waals surface area contributed by atoms with Crippen LogP contribution in [0, 0.1) is 0 Å². The zero-order valence-corrected chi connectivity index (χ0v) is 16.4. The molecule has 28 heavy (non-hydrogen) atoms. The molecule has 0 spiro atoms. The quantitative estimate of drug-likeness (QED) is 0.452. The number of rotatable bonds is 6. The Kier molecular flexibility index (Phi) is 5.29. The highest BCUT2D eigenvalue weighted by molar-refractivity contribution is 9.10. The molecule has 0 atom stereocenters. The third-order valence-electron chi connectivity index (χ3n) is 4.14. The van der Waals surface area contributed by atoms with Crippen LogP contribution in [0.15, 0.2) is 71.5 Å². The first-order valence-corrected chi connectivity index (χ1v) is 9.54. The summed E-state index contributed by atoms with van der Waals surface area (Å²) in [5.74, 6) is 1.17. The van der Waals surface area contributed by atoms with Crippen molar-refractivity contribution < 1.29 is 4.79 Å². The number of hydrogen-bond acceptors (Lipinski definition) is 5. The Balaban J connectivity index is 1.44. The Labute approximate surface area is 170 Å². The second-order valence-electron chi connectivity index (χ2n) is 6.05. The lowest BCUT2D eigenvalue weighted by Gasteiger charge is -2.11. The summed E-state index contributed by atoms with van der Waals surface area (Å²) in [7, 11) is 0. The number of halogens is 1. The molecule has 0 saturated carbocycles. The third kappa shape index (κ3) is 4.01. The lowest BCUT2D eigenvalue weighted by Crippen LogP contribution is -2.29. The van der Waals surface area contributed by atoms with Crippen molar-refractivity contribution in [3.05, 3.63) is 77.0 Å². The van der Waals surface area contributed by atoms with Crippen molar-refractivity contribution in [3.63, 3.8) is 0 Å². The summed E-state index contributed by atoms with van der Waals surface area (Å²) in [4.78, 5) is 20.9. The first kappa shape index (κ1) is 18.1. The third-order valence-corrected chi connectivity index (χ3v) is 4.67. The van der Waals surface area contributed by atoms with E-state index in [4.69, 9.17) is 0 Å². The molecule has 4 rings (SSSR count). The maximum absolute atomic E-state index is 12.2. The van der Waals surface area contributed by atoms with Gasteiger partial charge in [0.15, 0.2) is 0 Å². The van der Waals surface area contributed by atoms with Crippen LogP contribution in [0.3, 0.4) is 0 Å². The molecule has 4 aromatic rings. The minimum absolute atomic E-state index is 0.111. The van der Waals surface area contributed by atoms with E-state index in [1.807, 2.05) is 48.5 Å². The highest BCUT2D eigenvalue weighted by Crippen LogP contribution is 2.21. The summed E-state index contributed by atoms with van der Waals surface area (Å²) in [6, 6.07) is 19.1. The van der Waals surface area contributed by atoms with E-state index in [2.05, 4.69) is 41.6 Å². The number of carbonyl (C=O) groups is 1. The maximum atomic E-state index is 12.2. The maximum Gasteiger partial charge on any atom is 0.254 e. The van der Waals surface area contributed by atoms with Gasteiger partial charge in [0.1, 0.15) is 12.1 Å². The van der Waals surface area contributed by atoms with E-state index in [1.54, 1.807) is 16.6 Å². The number of hydrogen-bond donors (Lipinski definition) is 2. The molecule has 0 saturated heterocycles. The van der Waals surface area contributed by atoms with Crippen molar-refractivity contribution in [2.75, 3.05) is 18.4 Å². The lowest BCUT2D eigenvalue weighted by atomic mass is 10.1. The molecule has 140 valence electrons. The largest absolute Gasteiger partial charge is 0.368 e. The molecule has 2 aromatic carbocycles. The molecule has 7 nitrogen and oxygen atoms in total. The van der Waals surface area contributed by atoms with Crippen molar-refractivity contribution >= 4 is 33.4 Å². The summed E-state index contributed by atoms with van der Waals surface area (Å²) in [5, 5.41) is 10.4. The molecule has 0 bridgehead atoms. The summed E-state index contributed by atoms with van der Waals surface area (Å²) < 4.78 is 2.58. The molecule has 2 N–H and O–H groups in total. The number of nitrogens with zero attached hydrogens (tertiary/aromatic N) is 4. The topological polar surface area (TPSA) is 84.2 Å². The van der Waals surface area contributed by atoms with E-state index in [0.29, 0.717) is 24.4 Å². The van der Waals surface area contributed by atoms with Gasteiger partial charge in [-0.3, -0.25) is 4.79 Å². The van der Waals surface area contributed by atoms with Crippen molar-refractivity contribution in [1.82, 2.24) is 24.9 Å². The number of aromatic nitrogens is 4. The highest BCUT2D eigenvalue weighted by atomic mass is 79.9. The Morgan fingerprint density at radius 2 is 1.82 bits per heavy atom. The fraction of sp³-hybridized carbons (Fsp3) is 0.100. The first-order valence-electron chi connectivity index (χ1n) is 8.74. The van der Waals surface area contributed by atoms with Crippen LogP contribution in [0.4, 0.5) is 5.82 Å². The van der Waals surface area contributed by atoms with E-state index in [-0.39, 0.29) is 5.91 Å². The van der Waals surface area contributed by atoms with Gasteiger partial charge in [-0.1, -0.05) is 46.3 Å². The zero-order valence-electron chi connectivity index (χ0n) is 14.8. The Morgan fingerprint density at radius 3 is 2.61 bits per heavy atom. The molecule has 0 unspecified atom stereocenters. The fourth-order valence-corrected chi connectivity index (χ4v) is 3.03. The second kappa shape index (κ2) is 8.18. The number of fused-ring (bicyclic) bond motifs is 1. The van der Waals surface area contributed by atoms with Crippen LogP contribution >= 0.6 is 15.9 Å². The molecular formula is C20H17BrN6O. The van der Waals surface area contributed by atoms with Crippen LogP contribution in [0.25, 0.3) is 17.0 Å². The number of amides is 1. The van der Waals surface area contributed by atoms with E-state index < -0.39 is 0 Å². The van der Waals surface area contributed by atoms with Crippen LogP contribution < -0.4 is 10.6 Å². The monoisotopic (exact) mass is 436 g/mol. The number of anilines is 1. The average Bonchev–Trinajstić information content (AvgIpc) is 3.21. The van der Waals surface area contributed by atoms with Crippen molar-refractivity contribution in [1.29, 1.82) is 0 Å². The molecule has 2 heterocycles. The number of carbonyl (C=O) groups excluding carboxylic acids is 1. The van der Waals surface area contributed by atoms with Crippen LogP contribution in [-0.2, 0) is 0 Å². The molecule has 8 heteroatoms. The van der Waals surface area contributed by atoms with Crippen molar-refractivity contribution in [2.45, 2.75) is 0 Å². The van der Waals surface area contributed by atoms with Crippen LogP contribution in [-0.4, -0.2) is 38.6 Å². The highest BCUT2D eigenvalue weighted by Gasteiger charge is 2.09. The van der Waals surface area contributed by atoms with Gasteiger partial charge in [-0.25, -0.2) is 4.98 Å². The van der Waals surface area contributed by atoms with Gasteiger partial charge in [0.2, 0.25) is 0 Å². The smallest absolute Gasteiger partial charge is 0.254 e. The molecule has 0 fully saturated rings. The predicted octanol–water partition coefficient (Wildman–Crippen LogP) is 3.40. The zero-order chi connectivity index (χ0) is 19.3. The molecule has 1 amide bonds. The first-order chi connectivity index (χ1) is 13.7. The summed E-state index contributed by atoms with van der Waals surface area (Å²) >= 11 is 3.36. The minimum Gasteiger partial charge on any atom is -0.368 e.